The van der Waals surface area contributed by atoms with E-state index >= 15 is 0 Å². The molecule has 88 valence electrons. The van der Waals surface area contributed by atoms with Crippen LogP contribution in [0.3, 0.4) is 0 Å². The molecule has 1 aromatic carbocycles. The van der Waals surface area contributed by atoms with Crippen molar-refractivity contribution in [3.8, 4) is 0 Å². The normalized spacial score (nSPS) is 11.1. The predicted octanol–water partition coefficient (Wildman–Crippen LogP) is 3.92. The minimum atomic E-state index is -4.30. The van der Waals surface area contributed by atoms with Gasteiger partial charge in [0.1, 0.15) is 0 Å². The number of fused-ring (bicyclic) bond motifs is 1. The molecule has 1 aromatic heterocycles. The van der Waals surface area contributed by atoms with Crippen LogP contribution in [0.25, 0.3) is 10.9 Å². The maximum Gasteiger partial charge on any atom is 0.416 e. The van der Waals surface area contributed by atoms with Crippen molar-refractivity contribution in [2.24, 2.45) is 0 Å². The quantitative estimate of drug-likeness (QED) is 0.730. The molecule has 5 heteroatoms. The highest BCUT2D eigenvalue weighted by molar-refractivity contribution is 5.81. The third-order valence-electron chi connectivity index (χ3n) is 2.07. The molecule has 0 unspecified atom stereocenters. The van der Waals surface area contributed by atoms with Crippen molar-refractivity contribution in [2.45, 2.75) is 26.9 Å². The Morgan fingerprint density at radius 1 is 1.19 bits per heavy atom. The van der Waals surface area contributed by atoms with Gasteiger partial charge in [0.05, 0.1) is 11.1 Å². The van der Waals surface area contributed by atoms with E-state index in [0.717, 1.165) is 23.2 Å². The average Bonchev–Trinajstić information content (AvgIpc) is 2.62. The van der Waals surface area contributed by atoms with Gasteiger partial charge in [-0.1, -0.05) is 19.9 Å². The summed E-state index contributed by atoms with van der Waals surface area (Å²) in [5.41, 5.74) is 0.447. The molecule has 0 aliphatic carbocycles. The smallest absolute Gasteiger partial charge is 0.282 e. The molecule has 2 rings (SSSR count). The fourth-order valence-corrected chi connectivity index (χ4v) is 1.32. The fraction of sp³-hybridized carbons (Fsp3) is 0.364. The molecule has 0 radical (unpaired) electrons. The first-order valence-corrected chi connectivity index (χ1v) is 5.00. The van der Waals surface area contributed by atoms with E-state index in [1.165, 1.54) is 6.07 Å². The molecule has 0 fully saturated rings. The molecule has 0 bridgehead atoms. The zero-order valence-electron chi connectivity index (χ0n) is 9.31. The summed E-state index contributed by atoms with van der Waals surface area (Å²) < 4.78 is 36.9. The minimum absolute atomic E-state index is 0.345. The molecule has 2 nitrogen and oxygen atoms in total. The summed E-state index contributed by atoms with van der Waals surface area (Å²) in [5, 5.41) is 7.13. The van der Waals surface area contributed by atoms with E-state index in [1.807, 2.05) is 13.8 Å². The Morgan fingerprint density at radius 2 is 1.81 bits per heavy atom. The Kier molecular flexibility index (Phi) is 3.57. The van der Waals surface area contributed by atoms with Crippen LogP contribution in [0.1, 0.15) is 25.1 Å². The molecule has 1 heterocycles. The standard InChI is InChI=1S/C9H7F3N2.C2H6/c1-5-7-3-2-6(9(10,11)12)4-8(7)14-13-5;1-2/h2-4H,1H3,(H,13,14);1-2H3. The summed E-state index contributed by atoms with van der Waals surface area (Å²) in [5.74, 6) is 0. The van der Waals surface area contributed by atoms with Crippen molar-refractivity contribution >= 4 is 10.9 Å². The highest BCUT2D eigenvalue weighted by Crippen LogP contribution is 2.31. The van der Waals surface area contributed by atoms with Crippen molar-refractivity contribution in [3.05, 3.63) is 29.5 Å². The zero-order chi connectivity index (χ0) is 12.3. The third-order valence-corrected chi connectivity index (χ3v) is 2.07. The van der Waals surface area contributed by atoms with E-state index in [2.05, 4.69) is 10.2 Å². The molecule has 0 saturated carbocycles. The highest BCUT2D eigenvalue weighted by atomic mass is 19.4. The Hall–Kier alpha value is -1.52. The second-order valence-corrected chi connectivity index (χ2v) is 3.08. The fourth-order valence-electron chi connectivity index (χ4n) is 1.32. The number of hydrogen-bond acceptors (Lipinski definition) is 1. The first-order valence-electron chi connectivity index (χ1n) is 5.00. The predicted molar refractivity (Wildman–Crippen MR) is 57.2 cm³/mol. The number of nitrogens with zero attached hydrogens (tertiary/aromatic N) is 1. The van der Waals surface area contributed by atoms with E-state index in [1.54, 1.807) is 6.92 Å². The molecule has 0 saturated heterocycles. The summed E-state index contributed by atoms with van der Waals surface area (Å²) in [6, 6.07) is 3.53. The monoisotopic (exact) mass is 230 g/mol. The van der Waals surface area contributed by atoms with Gasteiger partial charge in [-0.05, 0) is 19.1 Å². The number of alkyl halides is 3. The number of benzene rings is 1. The van der Waals surface area contributed by atoms with Crippen LogP contribution in [0.15, 0.2) is 18.2 Å². The number of H-pyrrole nitrogens is 1. The van der Waals surface area contributed by atoms with E-state index in [9.17, 15) is 13.2 Å². The summed E-state index contributed by atoms with van der Waals surface area (Å²) in [6.45, 7) is 5.77. The topological polar surface area (TPSA) is 28.7 Å². The number of aromatic nitrogens is 2. The maximum absolute atomic E-state index is 12.3. The van der Waals surface area contributed by atoms with Crippen LogP contribution in [0.5, 0.6) is 0 Å². The largest absolute Gasteiger partial charge is 0.416 e. The molecule has 16 heavy (non-hydrogen) atoms. The lowest BCUT2D eigenvalue weighted by Gasteiger charge is -2.05. The SMILES string of the molecule is CC.Cc1[nH]nc2cc(C(F)(F)F)ccc12. The summed E-state index contributed by atoms with van der Waals surface area (Å²) in [7, 11) is 0. The lowest BCUT2D eigenvalue weighted by Crippen LogP contribution is -2.04. The first-order chi connectivity index (χ1) is 7.48. The van der Waals surface area contributed by atoms with Crippen LogP contribution in [0, 0.1) is 6.92 Å². The van der Waals surface area contributed by atoms with Gasteiger partial charge in [-0.2, -0.15) is 18.3 Å². The summed E-state index contributed by atoms with van der Waals surface area (Å²) in [6.07, 6.45) is -4.30. The average molecular weight is 230 g/mol. The maximum atomic E-state index is 12.3. The third kappa shape index (κ3) is 2.35. The van der Waals surface area contributed by atoms with Crippen molar-refractivity contribution in [3.63, 3.8) is 0 Å². The zero-order valence-corrected chi connectivity index (χ0v) is 9.31. The number of aromatic amines is 1. The van der Waals surface area contributed by atoms with Crippen molar-refractivity contribution < 1.29 is 13.2 Å². The van der Waals surface area contributed by atoms with Gasteiger partial charge in [0.15, 0.2) is 0 Å². The number of rotatable bonds is 0. The molecule has 0 amide bonds. The molecular weight excluding hydrogens is 217 g/mol. The van der Waals surface area contributed by atoms with Crippen LogP contribution in [0.4, 0.5) is 13.2 Å². The van der Waals surface area contributed by atoms with Gasteiger partial charge in [-0.3, -0.25) is 5.10 Å². The van der Waals surface area contributed by atoms with Gasteiger partial charge in [-0.15, -0.1) is 0 Å². The van der Waals surface area contributed by atoms with Crippen LogP contribution < -0.4 is 0 Å². The van der Waals surface area contributed by atoms with Gasteiger partial charge < -0.3 is 0 Å². The van der Waals surface area contributed by atoms with E-state index in [-0.39, 0.29) is 0 Å². The lowest BCUT2D eigenvalue weighted by molar-refractivity contribution is -0.137. The molecule has 0 aliphatic rings. The van der Waals surface area contributed by atoms with Gasteiger partial charge in [-0.25, -0.2) is 0 Å². The summed E-state index contributed by atoms with van der Waals surface area (Å²) >= 11 is 0. The van der Waals surface area contributed by atoms with Crippen LogP contribution in [0.2, 0.25) is 0 Å². The molecular formula is C11H13F3N2. The number of nitrogens with one attached hydrogen (secondary N) is 1. The lowest BCUT2D eigenvalue weighted by atomic mass is 10.1. The number of hydrogen-bond donors (Lipinski definition) is 1. The molecule has 0 aliphatic heterocycles. The van der Waals surface area contributed by atoms with E-state index in [4.69, 9.17) is 0 Å². The number of halogens is 3. The first kappa shape index (κ1) is 12.5. The Balaban J connectivity index is 0.000000606. The van der Waals surface area contributed by atoms with Crippen LogP contribution >= 0.6 is 0 Å². The van der Waals surface area contributed by atoms with Crippen molar-refractivity contribution in [2.75, 3.05) is 0 Å². The van der Waals surface area contributed by atoms with Gasteiger partial charge in [0, 0.05) is 11.1 Å². The Bertz CT molecular complexity index is 472. The van der Waals surface area contributed by atoms with Gasteiger partial charge in [0.25, 0.3) is 0 Å². The number of aryl methyl sites for hydroxylation is 1. The Labute approximate surface area is 91.5 Å². The molecule has 1 N–H and O–H groups in total. The van der Waals surface area contributed by atoms with Crippen molar-refractivity contribution in [1.82, 2.24) is 10.2 Å². The molecule has 0 atom stereocenters. The van der Waals surface area contributed by atoms with E-state index < -0.39 is 11.7 Å². The second-order valence-electron chi connectivity index (χ2n) is 3.08. The summed E-state index contributed by atoms with van der Waals surface area (Å²) in [4.78, 5) is 0. The van der Waals surface area contributed by atoms with Gasteiger partial charge >= 0.3 is 6.18 Å². The van der Waals surface area contributed by atoms with Crippen LogP contribution in [-0.4, -0.2) is 10.2 Å². The van der Waals surface area contributed by atoms with Gasteiger partial charge in [0.2, 0.25) is 0 Å². The van der Waals surface area contributed by atoms with E-state index in [0.29, 0.717) is 5.52 Å². The van der Waals surface area contributed by atoms with Crippen molar-refractivity contribution in [1.29, 1.82) is 0 Å². The second kappa shape index (κ2) is 4.55. The highest BCUT2D eigenvalue weighted by Gasteiger charge is 2.30. The van der Waals surface area contributed by atoms with Crippen LogP contribution in [-0.2, 0) is 6.18 Å². The minimum Gasteiger partial charge on any atom is -0.282 e. The molecule has 2 aromatic rings. The Morgan fingerprint density at radius 3 is 2.38 bits per heavy atom. The molecule has 0 spiro atoms.